The van der Waals surface area contributed by atoms with Gasteiger partial charge in [0.1, 0.15) is 5.78 Å². The first-order valence-corrected chi connectivity index (χ1v) is 10.7. The topological polar surface area (TPSA) is 148 Å². The van der Waals surface area contributed by atoms with Gasteiger partial charge in [-0.2, -0.15) is 13.2 Å². The van der Waals surface area contributed by atoms with E-state index in [0.29, 0.717) is 6.42 Å². The van der Waals surface area contributed by atoms with Gasteiger partial charge in [-0.1, -0.05) is 27.7 Å². The molecule has 0 aliphatic carbocycles. The van der Waals surface area contributed by atoms with Crippen LogP contribution in [0.3, 0.4) is 0 Å². The van der Waals surface area contributed by atoms with Crippen LogP contribution in [0.5, 0.6) is 0 Å². The number of aliphatic hydroxyl groups excluding tert-OH is 1. The second-order valence-electron chi connectivity index (χ2n) is 9.23. The Balaban J connectivity index is 3.16. The van der Waals surface area contributed by atoms with Gasteiger partial charge < -0.3 is 20.9 Å². The molecule has 1 aliphatic rings. The number of carbonyl (C=O) groups excluding carboxylic acids is 4. The number of amides is 1. The number of ketones is 2. The monoisotopic (exact) mass is 481 g/mol. The molecule has 2 unspecified atom stereocenters. The number of rotatable bonds is 11. The molecular formula is C21H34F3N3O6. The number of Topliss-reactive ketones (excluding diaryl/α,β-unsaturated/α-hetero) is 2. The van der Waals surface area contributed by atoms with E-state index in [4.69, 9.17) is 5.73 Å². The lowest BCUT2D eigenvalue weighted by Gasteiger charge is -2.37. The van der Waals surface area contributed by atoms with Gasteiger partial charge >= 0.3 is 12.1 Å². The average molecular weight is 482 g/mol. The van der Waals surface area contributed by atoms with Crippen molar-refractivity contribution in [2.45, 2.75) is 83.3 Å². The molecule has 33 heavy (non-hydrogen) atoms. The zero-order valence-electron chi connectivity index (χ0n) is 19.5. The van der Waals surface area contributed by atoms with Crippen molar-refractivity contribution in [1.82, 2.24) is 10.6 Å². The summed E-state index contributed by atoms with van der Waals surface area (Å²) in [5.74, 6) is -3.81. The minimum atomic E-state index is -4.98. The Labute approximate surface area is 191 Å². The maximum Gasteiger partial charge on any atom is 0.416 e. The average Bonchev–Trinajstić information content (AvgIpc) is 3.23. The van der Waals surface area contributed by atoms with Crippen LogP contribution in [-0.2, 0) is 23.9 Å². The van der Waals surface area contributed by atoms with E-state index in [9.17, 15) is 37.5 Å². The lowest BCUT2D eigenvalue weighted by atomic mass is 9.72. The molecule has 4 atom stereocenters. The van der Waals surface area contributed by atoms with Crippen molar-refractivity contribution in [1.29, 1.82) is 0 Å². The van der Waals surface area contributed by atoms with Crippen LogP contribution in [0, 0.1) is 11.3 Å². The highest BCUT2D eigenvalue weighted by Gasteiger charge is 2.55. The van der Waals surface area contributed by atoms with E-state index in [0.717, 1.165) is 0 Å². The molecule has 12 heteroatoms. The maximum atomic E-state index is 13.4. The largest absolute Gasteiger partial charge is 0.469 e. The second kappa shape index (κ2) is 10.9. The number of alkyl halides is 3. The van der Waals surface area contributed by atoms with Crippen LogP contribution < -0.4 is 16.4 Å². The van der Waals surface area contributed by atoms with Crippen LogP contribution in [-0.4, -0.2) is 72.1 Å². The molecule has 0 bridgehead atoms. The van der Waals surface area contributed by atoms with Crippen molar-refractivity contribution in [2.24, 2.45) is 17.1 Å². The fourth-order valence-electron chi connectivity index (χ4n) is 3.75. The predicted molar refractivity (Wildman–Crippen MR) is 112 cm³/mol. The maximum absolute atomic E-state index is 13.4. The summed E-state index contributed by atoms with van der Waals surface area (Å²) in [5, 5.41) is 14.6. The molecule has 1 fully saturated rings. The molecule has 1 aliphatic heterocycles. The summed E-state index contributed by atoms with van der Waals surface area (Å²) >= 11 is 0. The predicted octanol–water partition coefficient (Wildman–Crippen LogP) is 0.618. The molecule has 1 saturated heterocycles. The zero-order chi connectivity index (χ0) is 25.8. The molecule has 0 radical (unpaired) electrons. The number of nitrogens with one attached hydrogen (secondary N) is 2. The summed E-state index contributed by atoms with van der Waals surface area (Å²) in [7, 11) is 1.17. The molecule has 1 heterocycles. The normalized spacial score (nSPS) is 21.9. The molecule has 190 valence electrons. The van der Waals surface area contributed by atoms with Crippen molar-refractivity contribution >= 4 is 23.4 Å². The molecule has 0 aromatic rings. The lowest BCUT2D eigenvalue weighted by Crippen LogP contribution is -2.68. The summed E-state index contributed by atoms with van der Waals surface area (Å²) in [6.45, 7) is 5.83. The Morgan fingerprint density at radius 3 is 2.18 bits per heavy atom. The Morgan fingerprint density at radius 1 is 1.18 bits per heavy atom. The summed E-state index contributed by atoms with van der Waals surface area (Å²) in [4.78, 5) is 50.5. The second-order valence-corrected chi connectivity index (χ2v) is 9.23. The van der Waals surface area contributed by atoms with Crippen LogP contribution in [0.4, 0.5) is 13.2 Å². The van der Waals surface area contributed by atoms with Crippen LogP contribution >= 0.6 is 0 Å². The zero-order valence-corrected chi connectivity index (χ0v) is 19.5. The van der Waals surface area contributed by atoms with E-state index in [1.54, 1.807) is 0 Å². The molecule has 9 nitrogen and oxygen atoms in total. The van der Waals surface area contributed by atoms with E-state index in [1.807, 2.05) is 0 Å². The minimum Gasteiger partial charge on any atom is -0.469 e. The highest BCUT2D eigenvalue weighted by Crippen LogP contribution is 2.32. The fraction of sp³-hybridized carbons (Fsp3) is 0.810. The Kier molecular flexibility index (Phi) is 9.59. The number of hydrogen-bond acceptors (Lipinski definition) is 8. The fourth-order valence-corrected chi connectivity index (χ4v) is 3.75. The number of ether oxygens (including phenoxy) is 1. The van der Waals surface area contributed by atoms with Crippen molar-refractivity contribution in [3.63, 3.8) is 0 Å². The number of carbonyl (C=O) groups is 4. The first-order valence-electron chi connectivity index (χ1n) is 10.7. The van der Waals surface area contributed by atoms with Crippen LogP contribution in [0.25, 0.3) is 0 Å². The van der Waals surface area contributed by atoms with Crippen molar-refractivity contribution in [3.05, 3.63) is 0 Å². The van der Waals surface area contributed by atoms with Crippen molar-refractivity contribution in [2.75, 3.05) is 13.7 Å². The third kappa shape index (κ3) is 6.51. The van der Waals surface area contributed by atoms with Crippen LogP contribution in [0.15, 0.2) is 0 Å². The number of aliphatic hydroxyl groups is 1. The number of esters is 1. The number of nitrogens with two attached hydrogens (primary N) is 1. The summed E-state index contributed by atoms with van der Waals surface area (Å²) in [6.07, 6.45) is -7.93. The van der Waals surface area contributed by atoms with Gasteiger partial charge in [-0.3, -0.25) is 24.5 Å². The van der Waals surface area contributed by atoms with Gasteiger partial charge in [0.05, 0.1) is 25.6 Å². The van der Waals surface area contributed by atoms with Gasteiger partial charge in [-0.15, -0.1) is 0 Å². The Hall–Kier alpha value is -2.05. The molecule has 5 N–H and O–H groups in total. The van der Waals surface area contributed by atoms with Gasteiger partial charge in [-0.05, 0) is 25.3 Å². The van der Waals surface area contributed by atoms with E-state index < -0.39 is 64.7 Å². The van der Waals surface area contributed by atoms with Crippen molar-refractivity contribution in [3.8, 4) is 0 Å². The van der Waals surface area contributed by atoms with E-state index in [1.165, 1.54) is 34.8 Å². The molecule has 1 amide bonds. The van der Waals surface area contributed by atoms with Crippen LogP contribution in [0.2, 0.25) is 0 Å². The van der Waals surface area contributed by atoms with Gasteiger partial charge in [0.2, 0.25) is 5.91 Å². The van der Waals surface area contributed by atoms with E-state index >= 15 is 0 Å². The first-order chi connectivity index (χ1) is 15.0. The van der Waals surface area contributed by atoms with Gasteiger partial charge in [0.15, 0.2) is 17.4 Å². The molecular weight excluding hydrogens is 447 g/mol. The van der Waals surface area contributed by atoms with E-state index in [2.05, 4.69) is 15.4 Å². The summed E-state index contributed by atoms with van der Waals surface area (Å²) in [6, 6.07) is -3.18. The molecule has 0 aromatic heterocycles. The van der Waals surface area contributed by atoms with Gasteiger partial charge in [0, 0.05) is 11.8 Å². The Bertz CT molecular complexity index is 748. The van der Waals surface area contributed by atoms with Crippen molar-refractivity contribution < 1.29 is 42.2 Å². The summed E-state index contributed by atoms with van der Waals surface area (Å²) < 4.78 is 43.8. The first kappa shape index (κ1) is 29.0. The third-order valence-corrected chi connectivity index (χ3v) is 6.22. The highest BCUT2D eigenvalue weighted by molar-refractivity contribution is 6.14. The van der Waals surface area contributed by atoms with Gasteiger partial charge in [-0.25, -0.2) is 0 Å². The van der Waals surface area contributed by atoms with Crippen LogP contribution in [0.1, 0.15) is 53.4 Å². The number of halogens is 3. The lowest BCUT2D eigenvalue weighted by molar-refractivity contribution is -0.215. The molecule has 0 aromatic carbocycles. The third-order valence-electron chi connectivity index (χ3n) is 6.22. The van der Waals surface area contributed by atoms with E-state index in [-0.39, 0.29) is 25.8 Å². The number of hydrogen-bond donors (Lipinski definition) is 4. The minimum absolute atomic E-state index is 0.0370. The quantitative estimate of drug-likeness (QED) is 0.248. The molecule has 0 spiro atoms. The molecule has 0 saturated carbocycles. The number of methoxy groups -OCH3 is 1. The summed E-state index contributed by atoms with van der Waals surface area (Å²) in [5.41, 5.74) is 2.71. The Morgan fingerprint density at radius 2 is 1.76 bits per heavy atom. The van der Waals surface area contributed by atoms with Gasteiger partial charge in [0.25, 0.3) is 0 Å². The smallest absolute Gasteiger partial charge is 0.416 e. The molecule has 1 rings (SSSR count). The highest BCUT2D eigenvalue weighted by atomic mass is 19.4. The SMILES string of the molecule is COC(=O)CCC(=O)C(C)(C)[C@H](N)C(=O)[C@]1(C(=O)NC(C(C)C)C(O)C(F)(F)F)CCCN1. The standard InChI is InChI=1S/C21H34F3N3O6/c1-11(2)14(16(30)21(22,23)24)27-18(32)20(9-6-10-26-20)17(31)15(25)19(3,4)12(28)7-8-13(29)33-5/h11,14-16,26,30H,6-10,25H2,1-5H3,(H,27,32)/t14?,15-,16?,20+/m1/s1.